The van der Waals surface area contributed by atoms with E-state index in [1.54, 1.807) is 6.92 Å². The topological polar surface area (TPSA) is 51.2 Å². The highest BCUT2D eigenvalue weighted by Gasteiger charge is 2.29. The van der Waals surface area contributed by atoms with E-state index >= 15 is 0 Å². The molecule has 0 aromatic rings. The van der Waals surface area contributed by atoms with Gasteiger partial charge in [0.05, 0.1) is 11.5 Å². The maximum atomic E-state index is 11.5. The molecule has 1 aliphatic heterocycles. The molecule has 0 N–H and O–H groups in total. The van der Waals surface area contributed by atoms with Crippen LogP contribution in [0.5, 0.6) is 0 Å². The summed E-state index contributed by atoms with van der Waals surface area (Å²) in [7, 11) is -3.02. The molecular weight excluding hydrogens is 200 g/mol. The first-order chi connectivity index (χ1) is 6.50. The highest BCUT2D eigenvalue weighted by Crippen LogP contribution is 2.24. The molecule has 1 rings (SSSR count). The Morgan fingerprint density at radius 2 is 1.93 bits per heavy atom. The molecule has 4 heteroatoms. The Labute approximate surface area is 85.1 Å². The van der Waals surface area contributed by atoms with E-state index in [2.05, 4.69) is 0 Å². The Morgan fingerprint density at radius 3 is 2.43 bits per heavy atom. The van der Waals surface area contributed by atoms with Crippen LogP contribution in [0.4, 0.5) is 0 Å². The molecular formula is C10H16O3S. The van der Waals surface area contributed by atoms with E-state index in [0.717, 1.165) is 18.4 Å². The third-order valence-corrected chi connectivity index (χ3v) is 3.91. The molecule has 0 unspecified atom stereocenters. The number of ketones is 1. The monoisotopic (exact) mass is 216 g/mol. The molecule has 80 valence electrons. The fraction of sp³-hybridized carbons (Fsp3) is 0.700. The van der Waals surface area contributed by atoms with Crippen LogP contribution in [0.2, 0.25) is 0 Å². The number of hydrogen-bond acceptors (Lipinski definition) is 3. The predicted octanol–water partition coefficient (Wildman–Crippen LogP) is 1.49. The molecule has 0 fully saturated rings. The van der Waals surface area contributed by atoms with E-state index in [9.17, 15) is 13.2 Å². The van der Waals surface area contributed by atoms with Crippen molar-refractivity contribution >= 4 is 15.6 Å². The minimum atomic E-state index is -3.02. The van der Waals surface area contributed by atoms with Crippen molar-refractivity contribution in [3.63, 3.8) is 0 Å². The van der Waals surface area contributed by atoms with Gasteiger partial charge in [-0.1, -0.05) is 20.3 Å². The first-order valence-corrected chi connectivity index (χ1v) is 6.76. The fourth-order valence-electron chi connectivity index (χ4n) is 1.74. The quantitative estimate of drug-likeness (QED) is 0.715. The summed E-state index contributed by atoms with van der Waals surface area (Å²) in [6.45, 7) is 3.76. The van der Waals surface area contributed by atoms with Gasteiger partial charge in [-0.2, -0.15) is 0 Å². The lowest BCUT2D eigenvalue weighted by Crippen LogP contribution is -2.07. The molecule has 0 aromatic heterocycles. The van der Waals surface area contributed by atoms with Gasteiger partial charge in [0.2, 0.25) is 0 Å². The van der Waals surface area contributed by atoms with Crippen LogP contribution >= 0.6 is 0 Å². The summed E-state index contributed by atoms with van der Waals surface area (Å²) in [5.74, 6) is 0.0613. The summed E-state index contributed by atoms with van der Waals surface area (Å²) in [4.78, 5) is 11.5. The molecule has 0 bridgehead atoms. The van der Waals surface area contributed by atoms with Gasteiger partial charge in [0.25, 0.3) is 0 Å². The molecule has 0 aromatic carbocycles. The summed E-state index contributed by atoms with van der Waals surface area (Å²) in [5, 5.41) is 0. The zero-order valence-corrected chi connectivity index (χ0v) is 9.49. The van der Waals surface area contributed by atoms with Crippen molar-refractivity contribution < 1.29 is 13.2 Å². The highest BCUT2D eigenvalue weighted by molar-refractivity contribution is 7.92. The minimum absolute atomic E-state index is 0.00507. The van der Waals surface area contributed by atoms with Crippen LogP contribution in [0.25, 0.3) is 0 Å². The van der Waals surface area contributed by atoms with Crippen molar-refractivity contribution in [1.82, 2.24) is 0 Å². The lowest BCUT2D eigenvalue weighted by atomic mass is 10.0. The van der Waals surface area contributed by atoms with Gasteiger partial charge in [0, 0.05) is 12.0 Å². The average molecular weight is 216 g/mol. The van der Waals surface area contributed by atoms with E-state index in [1.165, 1.54) is 0 Å². The Balaban J connectivity index is 2.95. The number of hydrogen-bond donors (Lipinski definition) is 0. The Morgan fingerprint density at radius 1 is 1.29 bits per heavy atom. The van der Waals surface area contributed by atoms with Crippen molar-refractivity contribution in [1.29, 1.82) is 0 Å². The fourth-order valence-corrected chi connectivity index (χ4v) is 3.50. The smallest absolute Gasteiger partial charge is 0.159 e. The Bertz CT molecular complexity index is 363. The summed E-state index contributed by atoms with van der Waals surface area (Å²) in [5.41, 5.74) is 1.41. The number of rotatable bonds is 4. The van der Waals surface area contributed by atoms with Gasteiger partial charge in [-0.15, -0.1) is 0 Å². The van der Waals surface area contributed by atoms with Gasteiger partial charge >= 0.3 is 0 Å². The maximum absolute atomic E-state index is 11.5. The molecule has 0 saturated carbocycles. The van der Waals surface area contributed by atoms with Gasteiger partial charge in [0.15, 0.2) is 15.6 Å². The van der Waals surface area contributed by atoms with Crippen LogP contribution in [0.1, 0.15) is 33.1 Å². The van der Waals surface area contributed by atoms with Crippen LogP contribution in [0.15, 0.2) is 11.1 Å². The number of carbonyl (C=O) groups is 1. The van der Waals surface area contributed by atoms with Crippen LogP contribution in [0.3, 0.4) is 0 Å². The Hall–Kier alpha value is -0.640. The molecule has 0 atom stereocenters. The SMILES string of the molecule is CCCC1=C(C(=O)CC)CS(=O)(=O)C1. The first kappa shape index (κ1) is 11.4. The van der Waals surface area contributed by atoms with Gasteiger partial charge < -0.3 is 0 Å². The molecule has 0 radical (unpaired) electrons. The summed E-state index contributed by atoms with van der Waals surface area (Å²) >= 11 is 0. The largest absolute Gasteiger partial charge is 0.295 e. The zero-order chi connectivity index (χ0) is 10.8. The van der Waals surface area contributed by atoms with Gasteiger partial charge in [-0.05, 0) is 12.0 Å². The summed E-state index contributed by atoms with van der Waals surface area (Å²) in [6, 6.07) is 0. The van der Waals surface area contributed by atoms with Crippen LogP contribution < -0.4 is 0 Å². The number of carbonyl (C=O) groups excluding carboxylic acids is 1. The summed E-state index contributed by atoms with van der Waals surface area (Å²) in [6.07, 6.45) is 2.03. The third-order valence-electron chi connectivity index (χ3n) is 2.39. The number of sulfone groups is 1. The second-order valence-electron chi connectivity index (χ2n) is 3.64. The minimum Gasteiger partial charge on any atom is -0.295 e. The molecule has 1 heterocycles. The Kier molecular flexibility index (Phi) is 3.48. The lowest BCUT2D eigenvalue weighted by Gasteiger charge is -2.01. The molecule has 1 aliphatic rings. The molecule has 0 aliphatic carbocycles. The maximum Gasteiger partial charge on any atom is 0.159 e. The van der Waals surface area contributed by atoms with Crippen molar-refractivity contribution in [2.75, 3.05) is 11.5 Å². The second-order valence-corrected chi connectivity index (χ2v) is 5.71. The molecule has 0 spiro atoms. The molecule has 3 nitrogen and oxygen atoms in total. The van der Waals surface area contributed by atoms with Crippen LogP contribution in [-0.4, -0.2) is 25.7 Å². The zero-order valence-electron chi connectivity index (χ0n) is 8.67. The number of Topliss-reactive ketones (excluding diaryl/α,β-unsaturated/α-hetero) is 1. The van der Waals surface area contributed by atoms with Crippen molar-refractivity contribution in [3.8, 4) is 0 Å². The first-order valence-electron chi connectivity index (χ1n) is 4.94. The highest BCUT2D eigenvalue weighted by atomic mass is 32.2. The lowest BCUT2D eigenvalue weighted by molar-refractivity contribution is -0.115. The average Bonchev–Trinajstić information content (AvgIpc) is 2.41. The van der Waals surface area contributed by atoms with Crippen molar-refractivity contribution in [3.05, 3.63) is 11.1 Å². The van der Waals surface area contributed by atoms with E-state index in [-0.39, 0.29) is 17.3 Å². The third kappa shape index (κ3) is 2.44. The second kappa shape index (κ2) is 4.26. The van der Waals surface area contributed by atoms with E-state index in [0.29, 0.717) is 12.0 Å². The van der Waals surface area contributed by atoms with Crippen molar-refractivity contribution in [2.45, 2.75) is 33.1 Å². The van der Waals surface area contributed by atoms with Gasteiger partial charge in [-0.3, -0.25) is 4.79 Å². The summed E-state index contributed by atoms with van der Waals surface area (Å²) < 4.78 is 22.7. The molecule has 0 amide bonds. The van der Waals surface area contributed by atoms with E-state index < -0.39 is 9.84 Å². The van der Waals surface area contributed by atoms with Gasteiger partial charge in [-0.25, -0.2) is 8.42 Å². The van der Waals surface area contributed by atoms with Crippen molar-refractivity contribution in [2.24, 2.45) is 0 Å². The van der Waals surface area contributed by atoms with Crippen LogP contribution in [0, 0.1) is 0 Å². The molecule has 0 saturated heterocycles. The van der Waals surface area contributed by atoms with E-state index in [1.807, 2.05) is 6.92 Å². The molecule has 14 heavy (non-hydrogen) atoms. The van der Waals surface area contributed by atoms with Gasteiger partial charge in [0.1, 0.15) is 0 Å². The van der Waals surface area contributed by atoms with Crippen LogP contribution in [-0.2, 0) is 14.6 Å². The predicted molar refractivity (Wildman–Crippen MR) is 55.9 cm³/mol. The standard InChI is InChI=1S/C10H16O3S/c1-3-5-8-6-14(12,13)7-9(8)10(11)4-2/h3-7H2,1-2H3. The van der Waals surface area contributed by atoms with E-state index in [4.69, 9.17) is 0 Å². The normalized spacial score (nSPS) is 20.1.